The van der Waals surface area contributed by atoms with Crippen molar-refractivity contribution in [2.75, 3.05) is 6.26 Å². The zero-order valence-corrected chi connectivity index (χ0v) is 10.1. The van der Waals surface area contributed by atoms with Gasteiger partial charge in [-0.2, -0.15) is 11.8 Å². The Hall–Kier alpha value is -1.10. The highest BCUT2D eigenvalue weighted by molar-refractivity contribution is 7.98. The molecule has 0 aliphatic carbocycles. The van der Waals surface area contributed by atoms with Gasteiger partial charge < -0.3 is 4.57 Å². The minimum absolute atomic E-state index is 0.113. The van der Waals surface area contributed by atoms with Crippen molar-refractivity contribution in [2.24, 2.45) is 7.05 Å². The second-order valence-electron chi connectivity index (χ2n) is 3.69. The van der Waals surface area contributed by atoms with E-state index in [0.717, 1.165) is 11.8 Å². The molecule has 0 aliphatic rings. The van der Waals surface area contributed by atoms with Gasteiger partial charge in [-0.25, -0.2) is 13.8 Å². The SMILES string of the molecule is CSC(C)c1cn(C)c2ncc(F)c(F)c12. The van der Waals surface area contributed by atoms with Crippen LogP contribution in [0.4, 0.5) is 8.78 Å². The lowest BCUT2D eigenvalue weighted by Gasteiger charge is -2.06. The van der Waals surface area contributed by atoms with Crippen LogP contribution in [-0.4, -0.2) is 15.8 Å². The van der Waals surface area contributed by atoms with E-state index in [1.807, 2.05) is 13.2 Å². The van der Waals surface area contributed by atoms with Crippen LogP contribution in [0.25, 0.3) is 11.0 Å². The standard InChI is InChI=1S/C11H12F2N2S/c1-6(16-3)7-5-15(2)11-9(7)10(13)8(12)4-14-11/h4-6H,1-3H3. The first-order valence-electron chi connectivity index (χ1n) is 4.88. The lowest BCUT2D eigenvalue weighted by molar-refractivity contribution is 0.512. The fourth-order valence-corrected chi connectivity index (χ4v) is 2.18. The number of rotatable bonds is 2. The minimum atomic E-state index is -0.895. The first-order chi connectivity index (χ1) is 7.56. The van der Waals surface area contributed by atoms with E-state index in [9.17, 15) is 8.78 Å². The van der Waals surface area contributed by atoms with Crippen molar-refractivity contribution in [3.8, 4) is 0 Å². The number of aryl methyl sites for hydroxylation is 1. The normalized spacial score (nSPS) is 13.3. The van der Waals surface area contributed by atoms with Gasteiger partial charge in [-0.1, -0.05) is 0 Å². The van der Waals surface area contributed by atoms with E-state index in [2.05, 4.69) is 4.98 Å². The molecular formula is C11H12F2N2S. The Labute approximate surface area is 96.7 Å². The molecule has 0 radical (unpaired) electrons. The highest BCUT2D eigenvalue weighted by atomic mass is 32.2. The van der Waals surface area contributed by atoms with Crippen LogP contribution in [0.2, 0.25) is 0 Å². The molecule has 1 atom stereocenters. The monoisotopic (exact) mass is 242 g/mol. The molecule has 5 heteroatoms. The van der Waals surface area contributed by atoms with Crippen LogP contribution in [0.15, 0.2) is 12.4 Å². The van der Waals surface area contributed by atoms with Gasteiger partial charge in [-0.3, -0.25) is 0 Å². The average molecular weight is 242 g/mol. The van der Waals surface area contributed by atoms with Gasteiger partial charge >= 0.3 is 0 Å². The Balaban J connectivity index is 2.80. The molecule has 0 bridgehead atoms. The van der Waals surface area contributed by atoms with Gasteiger partial charge in [0, 0.05) is 18.5 Å². The summed E-state index contributed by atoms with van der Waals surface area (Å²) in [6, 6.07) is 0. The Morgan fingerprint density at radius 1 is 1.44 bits per heavy atom. The topological polar surface area (TPSA) is 17.8 Å². The van der Waals surface area contributed by atoms with E-state index in [-0.39, 0.29) is 5.25 Å². The zero-order chi connectivity index (χ0) is 11.9. The van der Waals surface area contributed by atoms with E-state index < -0.39 is 11.6 Å². The Morgan fingerprint density at radius 2 is 2.12 bits per heavy atom. The number of hydrogen-bond donors (Lipinski definition) is 0. The summed E-state index contributed by atoms with van der Waals surface area (Å²) >= 11 is 1.59. The van der Waals surface area contributed by atoms with Gasteiger partial charge in [-0.15, -0.1) is 0 Å². The van der Waals surface area contributed by atoms with Crippen LogP contribution in [0.3, 0.4) is 0 Å². The predicted octanol–water partition coefficient (Wildman–Crippen LogP) is 3.28. The van der Waals surface area contributed by atoms with Crippen LogP contribution in [-0.2, 0) is 7.05 Å². The van der Waals surface area contributed by atoms with Crippen LogP contribution in [0.5, 0.6) is 0 Å². The smallest absolute Gasteiger partial charge is 0.177 e. The van der Waals surface area contributed by atoms with E-state index in [4.69, 9.17) is 0 Å². The number of fused-ring (bicyclic) bond motifs is 1. The maximum absolute atomic E-state index is 13.7. The molecule has 0 amide bonds. The van der Waals surface area contributed by atoms with Crippen molar-refractivity contribution in [1.29, 1.82) is 0 Å². The molecule has 0 spiro atoms. The average Bonchev–Trinajstić information content (AvgIpc) is 2.61. The predicted molar refractivity (Wildman–Crippen MR) is 62.6 cm³/mol. The molecule has 2 aromatic rings. The van der Waals surface area contributed by atoms with Crippen molar-refractivity contribution in [2.45, 2.75) is 12.2 Å². The summed E-state index contributed by atoms with van der Waals surface area (Å²) in [6.07, 6.45) is 4.67. The highest BCUT2D eigenvalue weighted by Gasteiger charge is 2.19. The zero-order valence-electron chi connectivity index (χ0n) is 9.29. The van der Waals surface area contributed by atoms with Gasteiger partial charge in [0.15, 0.2) is 11.6 Å². The molecule has 0 N–H and O–H groups in total. The maximum atomic E-state index is 13.7. The molecule has 2 nitrogen and oxygen atoms in total. The van der Waals surface area contributed by atoms with E-state index in [1.54, 1.807) is 29.6 Å². The van der Waals surface area contributed by atoms with E-state index >= 15 is 0 Å². The van der Waals surface area contributed by atoms with E-state index in [1.165, 1.54) is 0 Å². The summed E-state index contributed by atoms with van der Waals surface area (Å²) in [4.78, 5) is 3.92. The van der Waals surface area contributed by atoms with Crippen molar-refractivity contribution in [3.63, 3.8) is 0 Å². The summed E-state index contributed by atoms with van der Waals surface area (Å²) < 4.78 is 28.6. The Bertz CT molecular complexity index is 536. The third kappa shape index (κ3) is 1.59. The molecule has 1 unspecified atom stereocenters. The Kier molecular flexibility index (Phi) is 2.88. The van der Waals surface area contributed by atoms with Gasteiger partial charge in [0.25, 0.3) is 0 Å². The minimum Gasteiger partial charge on any atom is -0.335 e. The van der Waals surface area contributed by atoms with Crippen LogP contribution < -0.4 is 0 Å². The fourth-order valence-electron chi connectivity index (χ4n) is 1.75. The van der Waals surface area contributed by atoms with Gasteiger partial charge in [0.1, 0.15) is 5.65 Å². The van der Waals surface area contributed by atoms with Crippen molar-refractivity contribution < 1.29 is 8.78 Å². The van der Waals surface area contributed by atoms with Crippen molar-refractivity contribution in [1.82, 2.24) is 9.55 Å². The van der Waals surface area contributed by atoms with E-state index in [0.29, 0.717) is 11.0 Å². The first kappa shape index (κ1) is 11.4. The van der Waals surface area contributed by atoms with Crippen LogP contribution >= 0.6 is 11.8 Å². The molecule has 16 heavy (non-hydrogen) atoms. The number of nitrogens with zero attached hydrogens (tertiary/aromatic N) is 2. The second kappa shape index (κ2) is 4.05. The van der Waals surface area contributed by atoms with Crippen LogP contribution in [0, 0.1) is 11.6 Å². The number of pyridine rings is 1. The lowest BCUT2D eigenvalue weighted by atomic mass is 10.1. The third-order valence-electron chi connectivity index (χ3n) is 2.70. The molecule has 0 aromatic carbocycles. The molecule has 2 heterocycles. The molecule has 2 aromatic heterocycles. The molecular weight excluding hydrogens is 230 g/mol. The molecule has 2 rings (SSSR count). The van der Waals surface area contributed by atoms with Gasteiger partial charge in [0.05, 0.1) is 11.6 Å². The lowest BCUT2D eigenvalue weighted by Crippen LogP contribution is -1.93. The van der Waals surface area contributed by atoms with Gasteiger partial charge in [0.2, 0.25) is 0 Å². The van der Waals surface area contributed by atoms with Crippen LogP contribution in [0.1, 0.15) is 17.7 Å². The van der Waals surface area contributed by atoms with Crippen molar-refractivity contribution in [3.05, 3.63) is 29.6 Å². The fraction of sp³-hybridized carbons (Fsp3) is 0.364. The van der Waals surface area contributed by atoms with Crippen molar-refractivity contribution >= 4 is 22.8 Å². The number of halogens is 2. The first-order valence-corrected chi connectivity index (χ1v) is 6.16. The summed E-state index contributed by atoms with van der Waals surface area (Å²) in [5.41, 5.74) is 1.27. The van der Waals surface area contributed by atoms with Gasteiger partial charge in [-0.05, 0) is 18.7 Å². The summed E-state index contributed by atoms with van der Waals surface area (Å²) in [5, 5.41) is 0.408. The molecule has 0 aliphatic heterocycles. The Morgan fingerprint density at radius 3 is 2.75 bits per heavy atom. The number of thioether (sulfide) groups is 1. The summed E-state index contributed by atoms with van der Waals surface area (Å²) in [5.74, 6) is -1.70. The molecule has 0 fully saturated rings. The quantitative estimate of drug-likeness (QED) is 0.804. The third-order valence-corrected chi connectivity index (χ3v) is 3.66. The summed E-state index contributed by atoms with van der Waals surface area (Å²) in [7, 11) is 1.78. The molecule has 0 saturated carbocycles. The molecule has 0 saturated heterocycles. The maximum Gasteiger partial charge on any atom is 0.177 e. The highest BCUT2D eigenvalue weighted by Crippen LogP contribution is 2.34. The second-order valence-corrected chi connectivity index (χ2v) is 4.87. The largest absolute Gasteiger partial charge is 0.335 e. The summed E-state index contributed by atoms with van der Waals surface area (Å²) in [6.45, 7) is 1.96. The number of hydrogen-bond acceptors (Lipinski definition) is 2. The number of aromatic nitrogens is 2. The molecule has 86 valence electrons.